The number of hydrogen-bond acceptors (Lipinski definition) is 4. The van der Waals surface area contributed by atoms with Gasteiger partial charge in [-0.3, -0.25) is 0 Å². The van der Waals surface area contributed by atoms with Crippen LogP contribution in [-0.4, -0.2) is 27.2 Å². The SMILES string of the molecule is O=C([O-])CP([O-])([O-])=[Se].[Na+].[Na+].[Na+]. The molecule has 0 aliphatic heterocycles. The van der Waals surface area contributed by atoms with E-state index in [1.54, 1.807) is 15.1 Å². The fraction of sp³-hybridized carbons (Fsp3) is 0.500. The number of carbonyl (C=O) groups excluding carboxylic acids is 1. The molecule has 9 heteroatoms. The van der Waals surface area contributed by atoms with Crippen LogP contribution in [0.2, 0.25) is 0 Å². The van der Waals surface area contributed by atoms with E-state index < -0.39 is 18.1 Å². The van der Waals surface area contributed by atoms with Gasteiger partial charge in [-0.15, -0.1) is 0 Å². The Balaban J connectivity index is -0.0000000817. The van der Waals surface area contributed by atoms with Crippen LogP contribution in [0.1, 0.15) is 0 Å². The van der Waals surface area contributed by atoms with E-state index in [1.807, 2.05) is 0 Å². The average Bonchev–Trinajstić information content (AvgIpc) is 1.21. The van der Waals surface area contributed by atoms with Gasteiger partial charge in [-0.05, 0) is 0 Å². The molecule has 0 aromatic heterocycles. The summed E-state index contributed by atoms with van der Waals surface area (Å²) in [4.78, 5) is 29.5. The number of aliphatic carboxylic acids is 1. The summed E-state index contributed by atoms with van der Waals surface area (Å²) in [7, 11) is 0. The molecule has 0 fully saturated rings. The van der Waals surface area contributed by atoms with Crippen molar-refractivity contribution >= 4 is 27.0 Å². The maximum absolute atomic E-state index is 9.99. The maximum Gasteiger partial charge on any atom is 1.00 e. The average molecular weight is 269 g/mol. The Morgan fingerprint density at radius 3 is 1.55 bits per heavy atom. The van der Waals surface area contributed by atoms with Crippen LogP contribution in [0.5, 0.6) is 0 Å². The number of carboxylic acids is 1. The van der Waals surface area contributed by atoms with E-state index in [9.17, 15) is 19.7 Å². The minimum Gasteiger partial charge on any atom is 1.00 e. The molecule has 11 heavy (non-hydrogen) atoms. The Bertz CT molecular complexity index is 146. The van der Waals surface area contributed by atoms with Crippen molar-refractivity contribution in [2.45, 2.75) is 0 Å². The molecule has 48 valence electrons. The third-order valence-corrected chi connectivity index (χ3v) is 1.78. The largest absolute Gasteiger partial charge is 1.00 e. The monoisotopic (exact) mass is 270 g/mol. The first kappa shape index (κ1) is 23.9. The summed E-state index contributed by atoms with van der Waals surface area (Å²) in [6.07, 6.45) is -0.924. The van der Waals surface area contributed by atoms with E-state index in [2.05, 4.69) is 0 Å². The van der Waals surface area contributed by atoms with E-state index in [1.165, 1.54) is 0 Å². The topological polar surface area (TPSA) is 86.2 Å². The Kier molecular flexibility index (Phi) is 24.8. The zero-order valence-electron chi connectivity index (χ0n) is 6.70. The third kappa shape index (κ3) is 24.7. The first-order valence-electron chi connectivity index (χ1n) is 1.63. The number of carboxylic acid groups (broad SMARTS) is 1. The van der Waals surface area contributed by atoms with Crippen molar-refractivity contribution in [3.05, 3.63) is 0 Å². The van der Waals surface area contributed by atoms with E-state index in [-0.39, 0.29) is 88.7 Å². The second-order valence-electron chi connectivity index (χ2n) is 1.14. The maximum atomic E-state index is 9.99. The van der Waals surface area contributed by atoms with Crippen molar-refractivity contribution < 1.29 is 108 Å². The van der Waals surface area contributed by atoms with Crippen LogP contribution < -0.4 is 104 Å². The second kappa shape index (κ2) is 11.4. The quantitative estimate of drug-likeness (QED) is 0.368. The predicted molar refractivity (Wildman–Crippen MR) is 22.5 cm³/mol. The van der Waals surface area contributed by atoms with E-state index >= 15 is 0 Å². The predicted octanol–water partition coefficient (Wildman–Crippen LogP) is -12.6. The fourth-order valence-corrected chi connectivity index (χ4v) is 1.14. The van der Waals surface area contributed by atoms with Gasteiger partial charge in [0.25, 0.3) is 0 Å². The molecule has 0 radical (unpaired) electrons. The number of hydrogen-bond donors (Lipinski definition) is 0. The molecule has 0 N–H and O–H groups in total. The summed E-state index contributed by atoms with van der Waals surface area (Å²) in [5.41, 5.74) is 0. The number of carbonyl (C=O) groups is 1. The van der Waals surface area contributed by atoms with Gasteiger partial charge in [0.1, 0.15) is 0 Å². The molecule has 0 unspecified atom stereocenters. The molecule has 0 spiro atoms. The zero-order chi connectivity index (χ0) is 6.78. The van der Waals surface area contributed by atoms with Gasteiger partial charge in [0, 0.05) is 0 Å². The van der Waals surface area contributed by atoms with Crippen molar-refractivity contribution in [3.63, 3.8) is 0 Å². The standard InChI is InChI=1S/C2H5O4PSe.3Na/c3-2(4)1-7(5,6)8;;;/h1H2,(H,3,4)(H2,5,6,8);;;/q;3*+1/p-3. The molecule has 0 aliphatic rings. The van der Waals surface area contributed by atoms with E-state index in [0.29, 0.717) is 0 Å². The van der Waals surface area contributed by atoms with Crippen molar-refractivity contribution in [2.75, 3.05) is 6.16 Å². The van der Waals surface area contributed by atoms with Crippen LogP contribution >= 0.6 is 5.96 Å². The molecule has 0 saturated carbocycles. The molecule has 0 aliphatic carbocycles. The Hall–Kier alpha value is 3.34. The molecule has 0 rings (SSSR count). The van der Waals surface area contributed by atoms with Gasteiger partial charge >= 0.3 is 142 Å². The van der Waals surface area contributed by atoms with Gasteiger partial charge in [-0.25, -0.2) is 0 Å². The summed E-state index contributed by atoms with van der Waals surface area (Å²) >= 11 is 1.73. The molecule has 0 aromatic rings. The minimum atomic E-state index is -3.76. The van der Waals surface area contributed by atoms with Crippen LogP contribution in [0.4, 0.5) is 0 Å². The second-order valence-corrected chi connectivity index (χ2v) is 6.18. The molecule has 0 amide bonds. The van der Waals surface area contributed by atoms with Crippen LogP contribution in [0.3, 0.4) is 0 Å². The first-order chi connectivity index (χ1) is 3.42. The van der Waals surface area contributed by atoms with Crippen LogP contribution in [0.25, 0.3) is 0 Å². The molecular weight excluding hydrogens is 267 g/mol. The summed E-state index contributed by atoms with van der Waals surface area (Å²) in [6, 6.07) is 0. The Morgan fingerprint density at radius 2 is 1.55 bits per heavy atom. The Labute approximate surface area is 139 Å². The van der Waals surface area contributed by atoms with Crippen LogP contribution in [0, 0.1) is 0 Å². The van der Waals surface area contributed by atoms with E-state index in [4.69, 9.17) is 0 Å². The zero-order valence-corrected chi connectivity index (χ0v) is 15.3. The minimum absolute atomic E-state index is 0. The first-order valence-corrected chi connectivity index (χ1v) is 5.65. The summed E-state index contributed by atoms with van der Waals surface area (Å²) in [5.74, 6) is -5.34. The third-order valence-electron chi connectivity index (χ3n) is 0.323. The van der Waals surface area contributed by atoms with E-state index in [0.717, 1.165) is 0 Å². The molecule has 0 heterocycles. The number of rotatable bonds is 2. The molecule has 4 nitrogen and oxygen atoms in total. The van der Waals surface area contributed by atoms with Gasteiger partial charge in [-0.2, -0.15) is 0 Å². The normalized spacial score (nSPS) is 8.18. The van der Waals surface area contributed by atoms with Gasteiger partial charge in [0.15, 0.2) is 0 Å². The van der Waals surface area contributed by atoms with Gasteiger partial charge in [0.2, 0.25) is 0 Å². The van der Waals surface area contributed by atoms with Crippen molar-refractivity contribution in [3.8, 4) is 0 Å². The molecule has 0 atom stereocenters. The van der Waals surface area contributed by atoms with Crippen LogP contribution in [-0.2, 0) is 4.79 Å². The van der Waals surface area contributed by atoms with Gasteiger partial charge < -0.3 is 0 Å². The Morgan fingerprint density at radius 1 is 1.27 bits per heavy atom. The summed E-state index contributed by atoms with van der Waals surface area (Å²) in [5, 5.41) is 9.51. The molecule has 0 bridgehead atoms. The van der Waals surface area contributed by atoms with Gasteiger partial charge in [-0.1, -0.05) is 0 Å². The van der Waals surface area contributed by atoms with Crippen molar-refractivity contribution in [1.82, 2.24) is 0 Å². The summed E-state index contributed by atoms with van der Waals surface area (Å²) < 4.78 is 0. The molecule has 0 aromatic carbocycles. The summed E-state index contributed by atoms with van der Waals surface area (Å²) in [6.45, 7) is 0. The van der Waals surface area contributed by atoms with Crippen LogP contribution in [0.15, 0.2) is 0 Å². The molecular formula is C2H2Na3O4PSe. The fourth-order valence-electron chi connectivity index (χ4n) is 0.158. The van der Waals surface area contributed by atoms with Gasteiger partial charge in [0.05, 0.1) is 0 Å². The van der Waals surface area contributed by atoms with Crippen molar-refractivity contribution in [2.24, 2.45) is 0 Å². The molecule has 0 saturated heterocycles. The smallest absolute Gasteiger partial charge is 1.00 e. The van der Waals surface area contributed by atoms with Crippen molar-refractivity contribution in [1.29, 1.82) is 0 Å².